The van der Waals surface area contributed by atoms with Crippen molar-refractivity contribution < 1.29 is 19.5 Å². The number of nitrogens with one attached hydrogen (secondary N) is 2. The van der Waals surface area contributed by atoms with Gasteiger partial charge in [-0.05, 0) is 29.7 Å². The van der Waals surface area contributed by atoms with Crippen LogP contribution >= 0.6 is 0 Å². The van der Waals surface area contributed by atoms with Gasteiger partial charge in [0.25, 0.3) is 5.91 Å². The molecule has 158 valence electrons. The van der Waals surface area contributed by atoms with E-state index in [0.717, 1.165) is 11.1 Å². The number of carboxylic acids is 1. The summed E-state index contributed by atoms with van der Waals surface area (Å²) < 4.78 is 0. The molecule has 6 heteroatoms. The maximum absolute atomic E-state index is 13.0. The minimum atomic E-state index is -1.38. The average molecular weight is 415 g/mol. The van der Waals surface area contributed by atoms with Crippen LogP contribution in [-0.2, 0) is 22.4 Å². The molecule has 6 nitrogen and oxygen atoms in total. The Balaban J connectivity index is 1.76. The van der Waals surface area contributed by atoms with Crippen LogP contribution in [0, 0.1) is 0 Å². The highest BCUT2D eigenvalue weighted by atomic mass is 16.4. The number of aliphatic carboxylic acids is 1. The van der Waals surface area contributed by atoms with E-state index in [1.165, 1.54) is 0 Å². The first-order chi connectivity index (χ1) is 15.0. The quantitative estimate of drug-likeness (QED) is 0.553. The molecule has 0 saturated heterocycles. The standard InChI is InChI=1S/C25H24N2O4/c28-23(20-14-8-3-9-15-20)26-21(16-18-10-4-1-5-11-18)24(29)27-22(25(30)31)17-19-12-6-2-7-13-19/h1-15,21-22H,16-17H2,(H,26,28)(H,27,29)(H,30,31)/p-1/t21-,22-/m1/s1. The van der Waals surface area contributed by atoms with Gasteiger partial charge in [0.1, 0.15) is 6.04 Å². The smallest absolute Gasteiger partial charge is 0.251 e. The van der Waals surface area contributed by atoms with Crippen LogP contribution in [0.3, 0.4) is 0 Å². The molecule has 2 amide bonds. The number of carboxylic acid groups (broad SMARTS) is 1. The summed E-state index contributed by atoms with van der Waals surface area (Å²) in [5.74, 6) is -2.38. The molecule has 31 heavy (non-hydrogen) atoms. The molecule has 0 fully saturated rings. The van der Waals surface area contributed by atoms with E-state index in [1.807, 2.05) is 36.4 Å². The predicted molar refractivity (Wildman–Crippen MR) is 115 cm³/mol. The molecule has 3 aromatic rings. The number of benzene rings is 3. The Kier molecular flexibility index (Phi) is 7.54. The second kappa shape index (κ2) is 10.7. The van der Waals surface area contributed by atoms with Gasteiger partial charge in [-0.15, -0.1) is 0 Å². The van der Waals surface area contributed by atoms with Crippen molar-refractivity contribution in [1.29, 1.82) is 0 Å². The molecule has 0 bridgehead atoms. The Hall–Kier alpha value is -3.93. The lowest BCUT2D eigenvalue weighted by atomic mass is 10.0. The van der Waals surface area contributed by atoms with Crippen LogP contribution in [0.25, 0.3) is 0 Å². The van der Waals surface area contributed by atoms with Crippen molar-refractivity contribution in [3.63, 3.8) is 0 Å². The molecule has 0 unspecified atom stereocenters. The zero-order valence-corrected chi connectivity index (χ0v) is 16.9. The first-order valence-electron chi connectivity index (χ1n) is 9.98. The first kappa shape index (κ1) is 21.8. The van der Waals surface area contributed by atoms with Crippen molar-refractivity contribution in [3.8, 4) is 0 Å². The van der Waals surface area contributed by atoms with E-state index in [2.05, 4.69) is 10.6 Å². The molecule has 0 aliphatic carbocycles. The lowest BCUT2D eigenvalue weighted by Crippen LogP contribution is -2.55. The van der Waals surface area contributed by atoms with Crippen LogP contribution in [0.1, 0.15) is 21.5 Å². The summed E-state index contributed by atoms with van der Waals surface area (Å²) in [4.78, 5) is 37.3. The average Bonchev–Trinajstić information content (AvgIpc) is 2.80. The van der Waals surface area contributed by atoms with E-state index in [1.54, 1.807) is 54.6 Å². The third-order valence-electron chi connectivity index (χ3n) is 4.82. The van der Waals surface area contributed by atoms with Gasteiger partial charge in [0.05, 0.1) is 12.0 Å². The highest BCUT2D eigenvalue weighted by Gasteiger charge is 2.25. The second-order valence-corrected chi connectivity index (χ2v) is 7.15. The Labute approximate surface area is 180 Å². The summed E-state index contributed by atoms with van der Waals surface area (Å²) >= 11 is 0. The Morgan fingerprint density at radius 3 is 1.58 bits per heavy atom. The SMILES string of the molecule is O=C(N[C@H](Cc1ccccc1)C(=O)N[C@H](Cc1ccccc1)C(=O)[O-])c1ccccc1. The molecule has 2 N–H and O–H groups in total. The number of hydrogen-bond donors (Lipinski definition) is 2. The zero-order chi connectivity index (χ0) is 22.1. The van der Waals surface area contributed by atoms with E-state index in [-0.39, 0.29) is 12.8 Å². The number of carbonyl (C=O) groups excluding carboxylic acids is 3. The van der Waals surface area contributed by atoms with E-state index in [9.17, 15) is 19.5 Å². The van der Waals surface area contributed by atoms with Gasteiger partial charge < -0.3 is 20.5 Å². The Morgan fingerprint density at radius 2 is 1.10 bits per heavy atom. The fourth-order valence-corrected chi connectivity index (χ4v) is 3.21. The van der Waals surface area contributed by atoms with E-state index in [0.29, 0.717) is 5.56 Å². The third-order valence-corrected chi connectivity index (χ3v) is 4.82. The summed E-state index contributed by atoms with van der Waals surface area (Å²) in [6.07, 6.45) is 0.302. The van der Waals surface area contributed by atoms with Crippen LogP contribution in [0.4, 0.5) is 0 Å². The summed E-state index contributed by atoms with van der Waals surface area (Å²) in [7, 11) is 0. The molecule has 3 aromatic carbocycles. The fraction of sp³-hybridized carbons (Fsp3) is 0.160. The summed E-state index contributed by atoms with van der Waals surface area (Å²) in [6, 6.07) is 24.5. The van der Waals surface area contributed by atoms with Gasteiger partial charge >= 0.3 is 0 Å². The molecule has 3 rings (SSSR count). The normalized spacial score (nSPS) is 12.4. The largest absolute Gasteiger partial charge is 0.548 e. The maximum atomic E-state index is 13.0. The minimum Gasteiger partial charge on any atom is -0.548 e. The van der Waals surface area contributed by atoms with Crippen molar-refractivity contribution >= 4 is 17.8 Å². The monoisotopic (exact) mass is 415 g/mol. The molecule has 0 aliphatic heterocycles. The lowest BCUT2D eigenvalue weighted by Gasteiger charge is -2.24. The van der Waals surface area contributed by atoms with Crippen molar-refractivity contribution in [2.75, 3.05) is 0 Å². The number of amides is 2. The van der Waals surface area contributed by atoms with Crippen LogP contribution in [0.15, 0.2) is 91.0 Å². The molecule has 0 aliphatic rings. The third kappa shape index (κ3) is 6.54. The topological polar surface area (TPSA) is 98.3 Å². The zero-order valence-electron chi connectivity index (χ0n) is 16.9. The molecular formula is C25H23N2O4-. The van der Waals surface area contributed by atoms with Crippen molar-refractivity contribution in [1.82, 2.24) is 10.6 Å². The first-order valence-corrected chi connectivity index (χ1v) is 9.98. The van der Waals surface area contributed by atoms with Crippen LogP contribution in [-0.4, -0.2) is 29.9 Å². The van der Waals surface area contributed by atoms with Crippen LogP contribution in [0.2, 0.25) is 0 Å². The summed E-state index contributed by atoms with van der Waals surface area (Å²) in [6.45, 7) is 0. The van der Waals surface area contributed by atoms with Crippen molar-refractivity contribution in [3.05, 3.63) is 108 Å². The van der Waals surface area contributed by atoms with Gasteiger partial charge in [-0.3, -0.25) is 9.59 Å². The lowest BCUT2D eigenvalue weighted by molar-refractivity contribution is -0.308. The van der Waals surface area contributed by atoms with Gasteiger partial charge in [0.2, 0.25) is 5.91 Å². The van der Waals surface area contributed by atoms with Gasteiger partial charge in [0, 0.05) is 12.0 Å². The van der Waals surface area contributed by atoms with E-state index < -0.39 is 29.9 Å². The Bertz CT molecular complexity index is 1010. The molecular weight excluding hydrogens is 392 g/mol. The van der Waals surface area contributed by atoms with Crippen LogP contribution in [0.5, 0.6) is 0 Å². The second-order valence-electron chi connectivity index (χ2n) is 7.15. The highest BCUT2D eigenvalue weighted by Crippen LogP contribution is 2.08. The van der Waals surface area contributed by atoms with Crippen LogP contribution < -0.4 is 15.7 Å². The van der Waals surface area contributed by atoms with Gasteiger partial charge in [-0.25, -0.2) is 0 Å². The molecule has 0 spiro atoms. The molecule has 0 radical (unpaired) electrons. The number of carbonyl (C=O) groups is 3. The summed E-state index contributed by atoms with van der Waals surface area (Å²) in [5.41, 5.74) is 2.00. The maximum Gasteiger partial charge on any atom is 0.251 e. The Morgan fingerprint density at radius 1 is 0.645 bits per heavy atom. The highest BCUT2D eigenvalue weighted by molar-refractivity contribution is 5.98. The van der Waals surface area contributed by atoms with E-state index >= 15 is 0 Å². The molecule has 2 atom stereocenters. The molecule has 0 saturated carbocycles. The predicted octanol–water partition coefficient (Wildman–Crippen LogP) is 1.51. The van der Waals surface area contributed by atoms with Crippen molar-refractivity contribution in [2.24, 2.45) is 0 Å². The van der Waals surface area contributed by atoms with Gasteiger partial charge in [-0.2, -0.15) is 0 Å². The number of rotatable bonds is 9. The minimum absolute atomic E-state index is 0.0829. The summed E-state index contributed by atoms with van der Waals surface area (Å²) in [5, 5.41) is 16.9. The van der Waals surface area contributed by atoms with Gasteiger partial charge in [-0.1, -0.05) is 78.9 Å². The molecule has 0 aromatic heterocycles. The van der Waals surface area contributed by atoms with E-state index in [4.69, 9.17) is 0 Å². The molecule has 0 heterocycles. The fourth-order valence-electron chi connectivity index (χ4n) is 3.21. The van der Waals surface area contributed by atoms with Gasteiger partial charge in [0.15, 0.2) is 0 Å². The number of hydrogen-bond acceptors (Lipinski definition) is 4. The van der Waals surface area contributed by atoms with Crippen molar-refractivity contribution in [2.45, 2.75) is 24.9 Å².